The molecule has 1 unspecified atom stereocenters. The van der Waals surface area contributed by atoms with Crippen LogP contribution in [0.5, 0.6) is 0 Å². The van der Waals surface area contributed by atoms with Crippen LogP contribution in [0.2, 0.25) is 0 Å². The molecule has 2 spiro atoms. The average Bonchev–Trinajstić information content (AvgIpc) is 2.76. The molecule has 2 saturated carbocycles. The van der Waals surface area contributed by atoms with E-state index >= 15 is 0 Å². The Hall–Kier alpha value is -0.540. The first-order valence-electron chi connectivity index (χ1n) is 5.82. The number of hydrogen-bond acceptors (Lipinski definition) is 3. The van der Waals surface area contributed by atoms with E-state index < -0.39 is 0 Å². The van der Waals surface area contributed by atoms with Crippen molar-refractivity contribution in [2.75, 3.05) is 13.2 Å². The van der Waals surface area contributed by atoms with Crippen LogP contribution >= 0.6 is 0 Å². The van der Waals surface area contributed by atoms with E-state index in [-0.39, 0.29) is 5.79 Å². The van der Waals surface area contributed by atoms with Gasteiger partial charge < -0.3 is 14.6 Å². The second kappa shape index (κ2) is 2.98. The molecule has 1 N–H and O–H groups in total. The third-order valence-corrected chi connectivity index (χ3v) is 4.41. The number of hydrogen-bond donors (Lipinski definition) is 1. The molecule has 0 amide bonds. The highest BCUT2D eigenvalue weighted by Crippen LogP contribution is 2.65. The summed E-state index contributed by atoms with van der Waals surface area (Å²) >= 11 is 0. The van der Waals surface area contributed by atoms with Crippen LogP contribution in [0.3, 0.4) is 0 Å². The second-order valence-corrected chi connectivity index (χ2v) is 5.22. The van der Waals surface area contributed by atoms with E-state index in [9.17, 15) is 5.11 Å². The van der Waals surface area contributed by atoms with E-state index in [1.165, 1.54) is 0 Å². The minimum absolute atomic E-state index is 0.269. The van der Waals surface area contributed by atoms with Gasteiger partial charge in [0.05, 0.1) is 19.0 Å². The zero-order valence-electron chi connectivity index (χ0n) is 9.00. The van der Waals surface area contributed by atoms with Gasteiger partial charge in [-0.2, -0.15) is 0 Å². The van der Waals surface area contributed by atoms with Crippen LogP contribution in [-0.2, 0) is 9.47 Å². The van der Waals surface area contributed by atoms with Gasteiger partial charge in [0.25, 0.3) is 0 Å². The lowest BCUT2D eigenvalue weighted by Crippen LogP contribution is -2.36. The fourth-order valence-corrected chi connectivity index (χ4v) is 3.29. The van der Waals surface area contributed by atoms with Crippen LogP contribution in [0.1, 0.15) is 32.1 Å². The number of ether oxygens (including phenoxy) is 2. The van der Waals surface area contributed by atoms with Crippen LogP contribution in [0, 0.1) is 11.3 Å². The van der Waals surface area contributed by atoms with Gasteiger partial charge in [-0.15, -0.1) is 0 Å². The minimum Gasteiger partial charge on any atom is -0.513 e. The number of allylic oxidation sites excluding steroid dienone is 1. The maximum Gasteiger partial charge on any atom is 0.168 e. The molecular formula is C12H18O3. The lowest BCUT2D eigenvalue weighted by Gasteiger charge is -2.36. The first-order chi connectivity index (χ1) is 7.16. The minimum atomic E-state index is -0.269. The summed E-state index contributed by atoms with van der Waals surface area (Å²) in [6, 6.07) is 0. The zero-order valence-corrected chi connectivity index (χ0v) is 9.00. The molecule has 1 aliphatic heterocycles. The molecule has 0 aromatic rings. The summed E-state index contributed by atoms with van der Waals surface area (Å²) in [4.78, 5) is 0. The standard InChI is InChI=1S/C12H18O3/c1-9(13)10-8-11(10)2-4-12(5-3-11)14-6-7-15-12/h10,13H,1-8H2. The Labute approximate surface area is 90.1 Å². The Kier molecular flexibility index (Phi) is 1.92. The third kappa shape index (κ3) is 1.41. The Morgan fingerprint density at radius 1 is 1.13 bits per heavy atom. The predicted molar refractivity (Wildman–Crippen MR) is 55.4 cm³/mol. The Bertz CT molecular complexity index is 281. The van der Waals surface area contributed by atoms with Crippen molar-refractivity contribution in [2.45, 2.75) is 37.9 Å². The monoisotopic (exact) mass is 210 g/mol. The fourth-order valence-electron chi connectivity index (χ4n) is 3.29. The highest BCUT2D eigenvalue weighted by molar-refractivity contribution is 5.15. The topological polar surface area (TPSA) is 38.7 Å². The summed E-state index contributed by atoms with van der Waals surface area (Å²) in [7, 11) is 0. The largest absolute Gasteiger partial charge is 0.513 e. The number of aliphatic hydroxyl groups excluding tert-OH is 1. The van der Waals surface area contributed by atoms with E-state index in [4.69, 9.17) is 9.47 Å². The molecule has 0 aromatic heterocycles. The van der Waals surface area contributed by atoms with E-state index in [1.54, 1.807) is 0 Å². The maximum atomic E-state index is 9.41. The summed E-state index contributed by atoms with van der Waals surface area (Å²) in [6.07, 6.45) is 5.29. The van der Waals surface area contributed by atoms with Crippen LogP contribution in [0.15, 0.2) is 12.3 Å². The molecular weight excluding hydrogens is 192 g/mol. The molecule has 0 bridgehead atoms. The smallest absolute Gasteiger partial charge is 0.168 e. The van der Waals surface area contributed by atoms with Crippen molar-refractivity contribution in [3.05, 3.63) is 12.3 Å². The van der Waals surface area contributed by atoms with Gasteiger partial charge in [0.15, 0.2) is 5.79 Å². The summed E-state index contributed by atoms with van der Waals surface area (Å²) in [5.74, 6) is 0.449. The molecule has 0 radical (unpaired) electrons. The zero-order chi connectivity index (χ0) is 10.5. The number of aliphatic hydroxyl groups is 1. The molecule has 1 saturated heterocycles. The quantitative estimate of drug-likeness (QED) is 0.675. The highest BCUT2D eigenvalue weighted by atomic mass is 16.7. The first kappa shape index (κ1) is 9.67. The summed E-state index contributed by atoms with van der Waals surface area (Å²) < 4.78 is 11.4. The molecule has 1 heterocycles. The molecule has 3 nitrogen and oxygen atoms in total. The Morgan fingerprint density at radius 3 is 2.20 bits per heavy atom. The van der Waals surface area contributed by atoms with Gasteiger partial charge in [0.2, 0.25) is 0 Å². The van der Waals surface area contributed by atoms with E-state index in [0.29, 0.717) is 17.1 Å². The van der Waals surface area contributed by atoms with Crippen molar-refractivity contribution in [3.63, 3.8) is 0 Å². The lowest BCUT2D eigenvalue weighted by molar-refractivity contribution is -0.185. The molecule has 1 atom stereocenters. The molecule has 0 aromatic carbocycles. The van der Waals surface area contributed by atoms with Crippen LogP contribution < -0.4 is 0 Å². The Morgan fingerprint density at radius 2 is 1.73 bits per heavy atom. The summed E-state index contributed by atoms with van der Waals surface area (Å²) in [5.41, 5.74) is 0.340. The highest BCUT2D eigenvalue weighted by Gasteiger charge is 2.59. The predicted octanol–water partition coefficient (Wildman–Crippen LogP) is 2.38. The van der Waals surface area contributed by atoms with E-state index in [2.05, 4.69) is 6.58 Å². The molecule has 2 aliphatic carbocycles. The van der Waals surface area contributed by atoms with Crippen molar-refractivity contribution >= 4 is 0 Å². The SMILES string of the molecule is C=C(O)C1CC12CCC1(CC2)OCCO1. The fraction of sp³-hybridized carbons (Fsp3) is 0.833. The normalized spacial score (nSPS) is 35.9. The molecule has 3 aliphatic rings. The van der Waals surface area contributed by atoms with Crippen molar-refractivity contribution in [2.24, 2.45) is 11.3 Å². The van der Waals surface area contributed by atoms with Crippen molar-refractivity contribution in [1.82, 2.24) is 0 Å². The van der Waals surface area contributed by atoms with Crippen LogP contribution in [0.4, 0.5) is 0 Å². The lowest BCUT2D eigenvalue weighted by atomic mass is 9.80. The molecule has 3 heteroatoms. The van der Waals surface area contributed by atoms with E-state index in [0.717, 1.165) is 45.3 Å². The second-order valence-electron chi connectivity index (χ2n) is 5.22. The van der Waals surface area contributed by atoms with Crippen LogP contribution in [-0.4, -0.2) is 24.1 Å². The van der Waals surface area contributed by atoms with Crippen molar-refractivity contribution in [1.29, 1.82) is 0 Å². The van der Waals surface area contributed by atoms with Gasteiger partial charge in [0.1, 0.15) is 0 Å². The third-order valence-electron chi connectivity index (χ3n) is 4.41. The Balaban J connectivity index is 1.64. The van der Waals surface area contributed by atoms with Gasteiger partial charge in [-0.25, -0.2) is 0 Å². The maximum absolute atomic E-state index is 9.41. The average molecular weight is 210 g/mol. The molecule has 15 heavy (non-hydrogen) atoms. The van der Waals surface area contributed by atoms with Gasteiger partial charge in [0, 0.05) is 18.8 Å². The van der Waals surface area contributed by atoms with E-state index in [1.807, 2.05) is 0 Å². The first-order valence-corrected chi connectivity index (χ1v) is 5.82. The van der Waals surface area contributed by atoms with Gasteiger partial charge >= 0.3 is 0 Å². The summed E-state index contributed by atoms with van der Waals surface area (Å²) in [6.45, 7) is 5.13. The van der Waals surface area contributed by atoms with Crippen molar-refractivity contribution in [3.8, 4) is 0 Å². The van der Waals surface area contributed by atoms with Gasteiger partial charge in [-0.05, 0) is 24.7 Å². The molecule has 3 rings (SSSR count). The number of rotatable bonds is 1. The van der Waals surface area contributed by atoms with Gasteiger partial charge in [-0.3, -0.25) is 0 Å². The molecule has 84 valence electrons. The van der Waals surface area contributed by atoms with Gasteiger partial charge in [-0.1, -0.05) is 6.58 Å². The van der Waals surface area contributed by atoms with Crippen LogP contribution in [0.25, 0.3) is 0 Å². The summed E-state index contributed by atoms with van der Waals surface area (Å²) in [5, 5.41) is 9.41. The van der Waals surface area contributed by atoms with Crippen molar-refractivity contribution < 1.29 is 14.6 Å². The molecule has 3 fully saturated rings.